The summed E-state index contributed by atoms with van der Waals surface area (Å²) in [6.45, 7) is 3.50. The summed E-state index contributed by atoms with van der Waals surface area (Å²) in [5.74, 6) is -0.0901. The van der Waals surface area contributed by atoms with Gasteiger partial charge in [0.05, 0.1) is 11.0 Å². The Morgan fingerprint density at radius 2 is 2.21 bits per heavy atom. The van der Waals surface area contributed by atoms with E-state index in [1.165, 1.54) is 23.3 Å². The summed E-state index contributed by atoms with van der Waals surface area (Å²) in [6, 6.07) is -0.302. The summed E-state index contributed by atoms with van der Waals surface area (Å²) < 4.78 is 1.44. The zero-order chi connectivity index (χ0) is 14.2. The van der Waals surface area contributed by atoms with Crippen molar-refractivity contribution in [2.75, 3.05) is 0 Å². The maximum atomic E-state index is 10.6. The molecule has 1 atom stereocenters. The van der Waals surface area contributed by atoms with Gasteiger partial charge < -0.3 is 5.11 Å². The van der Waals surface area contributed by atoms with E-state index in [1.807, 2.05) is 0 Å². The Labute approximate surface area is 113 Å². The second-order valence-electron chi connectivity index (χ2n) is 4.09. The van der Waals surface area contributed by atoms with Crippen LogP contribution in [0.1, 0.15) is 24.1 Å². The zero-order valence-corrected chi connectivity index (χ0v) is 11.0. The highest BCUT2D eigenvalue weighted by Gasteiger charge is 2.18. The van der Waals surface area contributed by atoms with Crippen LogP contribution in [0.25, 0.3) is 0 Å². The van der Waals surface area contributed by atoms with Gasteiger partial charge in [0.2, 0.25) is 0 Å². The molecule has 0 fully saturated rings. The van der Waals surface area contributed by atoms with Gasteiger partial charge in [0, 0.05) is 17.3 Å². The average molecular weight is 283 g/mol. The van der Waals surface area contributed by atoms with Crippen LogP contribution in [0.15, 0.2) is 18.6 Å². The maximum Gasteiger partial charge on any atom is 0.307 e. The number of aromatic nitrogens is 3. The molecule has 1 N–H and O–H groups in total. The van der Waals surface area contributed by atoms with Crippen LogP contribution in [0.3, 0.4) is 0 Å². The Bertz CT molecular complexity index is 641. The SMILES string of the molecule is Cc1c(C(C)n2cc([N+](=O)[O-])cn2)cnc(Cl)c1O. The van der Waals surface area contributed by atoms with Crippen LogP contribution in [0, 0.1) is 17.0 Å². The average Bonchev–Trinajstić information content (AvgIpc) is 2.85. The third-order valence-electron chi connectivity index (χ3n) is 2.95. The highest BCUT2D eigenvalue weighted by Crippen LogP contribution is 2.31. The molecule has 0 aliphatic rings. The Kier molecular flexibility index (Phi) is 3.39. The fraction of sp³-hybridized carbons (Fsp3) is 0.273. The Balaban J connectivity index is 2.41. The molecule has 2 rings (SSSR count). The quantitative estimate of drug-likeness (QED) is 0.530. The van der Waals surface area contributed by atoms with Crippen LogP contribution in [-0.4, -0.2) is 24.8 Å². The fourth-order valence-corrected chi connectivity index (χ4v) is 1.96. The van der Waals surface area contributed by atoms with Crippen LogP contribution in [0.4, 0.5) is 5.69 Å². The molecule has 19 heavy (non-hydrogen) atoms. The molecule has 7 nitrogen and oxygen atoms in total. The Morgan fingerprint density at radius 1 is 1.53 bits per heavy atom. The number of rotatable bonds is 3. The normalized spacial score (nSPS) is 12.4. The van der Waals surface area contributed by atoms with E-state index in [0.29, 0.717) is 11.1 Å². The number of nitro groups is 1. The molecular formula is C11H11ClN4O3. The third kappa shape index (κ3) is 2.37. The van der Waals surface area contributed by atoms with Gasteiger partial charge in [-0.05, 0) is 13.8 Å². The molecular weight excluding hydrogens is 272 g/mol. The topological polar surface area (TPSA) is 94.1 Å². The summed E-state index contributed by atoms with van der Waals surface area (Å²) in [4.78, 5) is 14.0. The van der Waals surface area contributed by atoms with E-state index >= 15 is 0 Å². The van der Waals surface area contributed by atoms with Crippen molar-refractivity contribution >= 4 is 17.3 Å². The summed E-state index contributed by atoms with van der Waals surface area (Å²) in [6.07, 6.45) is 4.03. The molecule has 0 aliphatic heterocycles. The molecule has 2 aromatic rings. The maximum absolute atomic E-state index is 10.6. The van der Waals surface area contributed by atoms with Crippen LogP contribution in [0.5, 0.6) is 5.75 Å². The predicted octanol–water partition coefficient (Wildman–Crippen LogP) is 2.46. The van der Waals surface area contributed by atoms with Crippen LogP contribution < -0.4 is 0 Å². The smallest absolute Gasteiger partial charge is 0.307 e. The molecule has 0 amide bonds. The zero-order valence-electron chi connectivity index (χ0n) is 10.2. The number of hydrogen-bond donors (Lipinski definition) is 1. The van der Waals surface area contributed by atoms with Gasteiger partial charge in [-0.2, -0.15) is 5.10 Å². The van der Waals surface area contributed by atoms with E-state index in [9.17, 15) is 15.2 Å². The first kappa shape index (κ1) is 13.3. The van der Waals surface area contributed by atoms with Gasteiger partial charge in [-0.15, -0.1) is 0 Å². The molecule has 0 saturated heterocycles. The molecule has 0 saturated carbocycles. The van der Waals surface area contributed by atoms with Crippen molar-refractivity contribution in [1.82, 2.24) is 14.8 Å². The lowest BCUT2D eigenvalue weighted by Crippen LogP contribution is -2.09. The summed E-state index contributed by atoms with van der Waals surface area (Å²) in [7, 11) is 0. The minimum atomic E-state index is -0.513. The number of aromatic hydroxyl groups is 1. The minimum Gasteiger partial charge on any atom is -0.504 e. The van der Waals surface area contributed by atoms with Crippen molar-refractivity contribution in [1.29, 1.82) is 0 Å². The first-order chi connectivity index (χ1) is 8.91. The number of nitrogens with zero attached hydrogens (tertiary/aromatic N) is 4. The molecule has 0 bridgehead atoms. The molecule has 0 spiro atoms. The van der Waals surface area contributed by atoms with E-state index in [4.69, 9.17) is 11.6 Å². The van der Waals surface area contributed by atoms with Gasteiger partial charge in [-0.1, -0.05) is 11.6 Å². The second-order valence-corrected chi connectivity index (χ2v) is 4.45. The lowest BCUT2D eigenvalue weighted by molar-refractivity contribution is -0.385. The molecule has 8 heteroatoms. The van der Waals surface area contributed by atoms with E-state index < -0.39 is 4.92 Å². The van der Waals surface area contributed by atoms with E-state index in [2.05, 4.69) is 10.1 Å². The second kappa shape index (κ2) is 4.85. The predicted molar refractivity (Wildman–Crippen MR) is 68.3 cm³/mol. The van der Waals surface area contributed by atoms with Gasteiger partial charge in [-0.25, -0.2) is 4.98 Å². The van der Waals surface area contributed by atoms with E-state index in [0.717, 1.165) is 0 Å². The first-order valence-electron chi connectivity index (χ1n) is 5.44. The highest BCUT2D eigenvalue weighted by atomic mass is 35.5. The Morgan fingerprint density at radius 3 is 2.79 bits per heavy atom. The largest absolute Gasteiger partial charge is 0.504 e. The summed E-state index contributed by atoms with van der Waals surface area (Å²) in [5, 5.41) is 24.3. The molecule has 2 heterocycles. The number of pyridine rings is 1. The highest BCUT2D eigenvalue weighted by molar-refractivity contribution is 6.30. The summed E-state index contributed by atoms with van der Waals surface area (Å²) in [5.41, 5.74) is 1.18. The van der Waals surface area contributed by atoms with Crippen molar-refractivity contribution in [2.45, 2.75) is 19.9 Å². The van der Waals surface area contributed by atoms with Gasteiger partial charge in [0.15, 0.2) is 10.9 Å². The van der Waals surface area contributed by atoms with Crippen molar-refractivity contribution in [2.24, 2.45) is 0 Å². The molecule has 100 valence electrons. The van der Waals surface area contributed by atoms with Crippen molar-refractivity contribution in [3.63, 3.8) is 0 Å². The van der Waals surface area contributed by atoms with Crippen molar-refractivity contribution in [3.05, 3.63) is 45.0 Å². The first-order valence-corrected chi connectivity index (χ1v) is 5.82. The van der Waals surface area contributed by atoms with Crippen LogP contribution in [0.2, 0.25) is 5.15 Å². The third-order valence-corrected chi connectivity index (χ3v) is 3.22. The van der Waals surface area contributed by atoms with Crippen molar-refractivity contribution in [3.8, 4) is 5.75 Å². The Hall–Kier alpha value is -2.15. The minimum absolute atomic E-state index is 0.0277. The molecule has 2 aromatic heterocycles. The van der Waals surface area contributed by atoms with Gasteiger partial charge >= 0.3 is 5.69 Å². The van der Waals surface area contributed by atoms with Gasteiger partial charge in [-0.3, -0.25) is 14.8 Å². The molecule has 1 unspecified atom stereocenters. The molecule has 0 aliphatic carbocycles. The standard InChI is InChI=1S/C11H11ClN4O3/c1-6-9(4-13-11(12)10(6)17)7(2)15-5-8(3-14-15)16(18)19/h3-5,7,17H,1-2H3. The fourth-order valence-electron chi connectivity index (χ4n) is 1.77. The summed E-state index contributed by atoms with van der Waals surface area (Å²) >= 11 is 5.71. The monoisotopic (exact) mass is 282 g/mol. The molecule has 0 aromatic carbocycles. The number of halogens is 1. The van der Waals surface area contributed by atoms with E-state index in [1.54, 1.807) is 13.8 Å². The lowest BCUT2D eigenvalue weighted by atomic mass is 10.1. The number of hydrogen-bond acceptors (Lipinski definition) is 5. The van der Waals surface area contributed by atoms with Crippen molar-refractivity contribution < 1.29 is 10.0 Å². The molecule has 0 radical (unpaired) electrons. The van der Waals surface area contributed by atoms with Gasteiger partial charge in [0.1, 0.15) is 12.4 Å². The van der Waals surface area contributed by atoms with Gasteiger partial charge in [0.25, 0.3) is 0 Å². The van der Waals surface area contributed by atoms with E-state index in [-0.39, 0.29) is 22.6 Å². The van der Waals surface area contributed by atoms with Crippen LogP contribution in [-0.2, 0) is 0 Å². The lowest BCUT2D eigenvalue weighted by Gasteiger charge is -2.15. The van der Waals surface area contributed by atoms with Crippen LogP contribution >= 0.6 is 11.6 Å².